The second-order valence-corrected chi connectivity index (χ2v) is 10.1. The van der Waals surface area contributed by atoms with E-state index in [2.05, 4.69) is 10.6 Å². The molecule has 1 aliphatic rings. The Morgan fingerprint density at radius 3 is 2.44 bits per heavy atom. The van der Waals surface area contributed by atoms with Crippen LogP contribution in [0.25, 0.3) is 11.1 Å². The Bertz CT molecular complexity index is 1320. The van der Waals surface area contributed by atoms with E-state index in [9.17, 15) is 14.4 Å². The molecule has 0 saturated carbocycles. The molecule has 0 spiro atoms. The number of hydrogen-bond acceptors (Lipinski definition) is 5. The normalized spacial score (nSPS) is 15.8. The van der Waals surface area contributed by atoms with Gasteiger partial charge in [0.1, 0.15) is 12.6 Å². The van der Waals surface area contributed by atoms with Crippen molar-refractivity contribution in [2.24, 2.45) is 11.7 Å². The second kappa shape index (κ2) is 12.6. The molecule has 4 rings (SSSR count). The van der Waals surface area contributed by atoms with Gasteiger partial charge in [-0.2, -0.15) is 0 Å². The highest BCUT2D eigenvalue weighted by molar-refractivity contribution is 6.01. The first-order valence-electron chi connectivity index (χ1n) is 13.3. The van der Waals surface area contributed by atoms with Gasteiger partial charge in [-0.3, -0.25) is 9.59 Å². The van der Waals surface area contributed by atoms with Crippen molar-refractivity contribution in [1.82, 2.24) is 10.6 Å². The van der Waals surface area contributed by atoms with E-state index in [4.69, 9.17) is 10.5 Å². The smallest absolute Gasteiger partial charge is 0.407 e. The number of aryl methyl sites for hydroxylation is 1. The van der Waals surface area contributed by atoms with Crippen molar-refractivity contribution in [3.63, 3.8) is 0 Å². The van der Waals surface area contributed by atoms with Gasteiger partial charge >= 0.3 is 6.09 Å². The van der Waals surface area contributed by atoms with Crippen LogP contribution in [0.3, 0.4) is 0 Å². The molecule has 4 N–H and O–H groups in total. The van der Waals surface area contributed by atoms with Crippen LogP contribution in [0.2, 0.25) is 0 Å². The topological polar surface area (TPSA) is 114 Å². The van der Waals surface area contributed by atoms with E-state index < -0.39 is 18.2 Å². The minimum absolute atomic E-state index is 0.0295. The first-order chi connectivity index (χ1) is 18.8. The predicted octanol–water partition coefficient (Wildman–Crippen LogP) is 4.16. The molecule has 3 aromatic carbocycles. The van der Waals surface area contributed by atoms with Crippen LogP contribution in [0.1, 0.15) is 37.0 Å². The zero-order valence-electron chi connectivity index (χ0n) is 22.6. The van der Waals surface area contributed by atoms with Crippen LogP contribution in [-0.4, -0.2) is 37.0 Å². The standard InChI is InChI=1S/C31H36N4O4/c1-20(2)28(32)29(36)34-26-17-16-23-8-5-7-11-27(23)35(30(26)37)18-21-12-14-22(15-13-21)25-10-6-4-9-24(25)19-39-31(38)33-3/h4-15,20,26,28H,16-19,32H2,1-3H3,(H,33,38)(H,34,36)/t26-,28?/m0/s1. The molecule has 0 bridgehead atoms. The molecule has 0 aromatic heterocycles. The summed E-state index contributed by atoms with van der Waals surface area (Å²) in [5, 5.41) is 5.36. The number of fused-ring (bicyclic) bond motifs is 1. The van der Waals surface area contributed by atoms with Crippen molar-refractivity contribution in [3.05, 3.63) is 89.5 Å². The SMILES string of the molecule is CNC(=O)OCc1ccccc1-c1ccc(CN2C(=O)[C@@H](NC(=O)C(N)C(C)C)CCc3ccccc32)cc1. The number of carbonyl (C=O) groups is 3. The van der Waals surface area contributed by atoms with Crippen LogP contribution in [0.4, 0.5) is 10.5 Å². The van der Waals surface area contributed by atoms with Crippen LogP contribution in [0.5, 0.6) is 0 Å². The number of nitrogens with two attached hydrogens (primary N) is 1. The van der Waals surface area contributed by atoms with Gasteiger partial charge in [-0.15, -0.1) is 0 Å². The lowest BCUT2D eigenvalue weighted by Gasteiger charge is -2.27. The van der Waals surface area contributed by atoms with Gasteiger partial charge in [-0.05, 0) is 52.6 Å². The molecule has 3 aromatic rings. The van der Waals surface area contributed by atoms with Gasteiger partial charge in [0.25, 0.3) is 0 Å². The number of hydrogen-bond donors (Lipinski definition) is 3. The van der Waals surface area contributed by atoms with Crippen LogP contribution >= 0.6 is 0 Å². The molecule has 204 valence electrons. The van der Waals surface area contributed by atoms with Crippen molar-refractivity contribution < 1.29 is 19.1 Å². The molecule has 1 heterocycles. The van der Waals surface area contributed by atoms with E-state index in [1.54, 1.807) is 4.90 Å². The fraction of sp³-hybridized carbons (Fsp3) is 0.323. The molecule has 8 nitrogen and oxygen atoms in total. The summed E-state index contributed by atoms with van der Waals surface area (Å²) >= 11 is 0. The summed E-state index contributed by atoms with van der Waals surface area (Å²) in [6.07, 6.45) is 0.702. The summed E-state index contributed by atoms with van der Waals surface area (Å²) in [4.78, 5) is 39.8. The van der Waals surface area contributed by atoms with Crippen molar-refractivity contribution >= 4 is 23.6 Å². The van der Waals surface area contributed by atoms with E-state index in [-0.39, 0.29) is 24.3 Å². The quantitative estimate of drug-likeness (QED) is 0.406. The molecule has 0 aliphatic carbocycles. The van der Waals surface area contributed by atoms with Crippen molar-refractivity contribution in [2.75, 3.05) is 11.9 Å². The van der Waals surface area contributed by atoms with E-state index >= 15 is 0 Å². The van der Waals surface area contributed by atoms with Crippen molar-refractivity contribution in [3.8, 4) is 11.1 Å². The Morgan fingerprint density at radius 2 is 1.72 bits per heavy atom. The third kappa shape index (κ3) is 6.64. The largest absolute Gasteiger partial charge is 0.445 e. The second-order valence-electron chi connectivity index (χ2n) is 10.1. The number of para-hydroxylation sites is 1. The Labute approximate surface area is 229 Å². The van der Waals surface area contributed by atoms with E-state index in [1.807, 2.05) is 86.6 Å². The molecule has 39 heavy (non-hydrogen) atoms. The summed E-state index contributed by atoms with van der Waals surface area (Å²) in [6.45, 7) is 4.29. The monoisotopic (exact) mass is 528 g/mol. The first kappa shape index (κ1) is 27.9. The fourth-order valence-electron chi connectivity index (χ4n) is 4.70. The number of benzene rings is 3. The summed E-state index contributed by atoms with van der Waals surface area (Å²) < 4.78 is 5.25. The molecule has 8 heteroatoms. The maximum absolute atomic E-state index is 13.7. The number of alkyl carbamates (subject to hydrolysis) is 1. The van der Waals surface area contributed by atoms with Gasteiger partial charge in [0.2, 0.25) is 11.8 Å². The Kier molecular flexibility index (Phi) is 8.99. The van der Waals surface area contributed by atoms with Crippen LogP contribution < -0.4 is 21.3 Å². The van der Waals surface area contributed by atoms with Gasteiger partial charge in [0.15, 0.2) is 0 Å². The van der Waals surface area contributed by atoms with Gasteiger partial charge in [-0.25, -0.2) is 4.79 Å². The molecule has 0 fully saturated rings. The predicted molar refractivity (Wildman–Crippen MR) is 152 cm³/mol. The van der Waals surface area contributed by atoms with E-state index in [0.717, 1.165) is 33.5 Å². The zero-order chi connectivity index (χ0) is 27.9. The van der Waals surface area contributed by atoms with Crippen LogP contribution in [0.15, 0.2) is 72.8 Å². The number of rotatable bonds is 8. The van der Waals surface area contributed by atoms with Gasteiger partial charge < -0.3 is 26.0 Å². The molecular formula is C31H36N4O4. The first-order valence-corrected chi connectivity index (χ1v) is 13.3. The average Bonchev–Trinajstić information content (AvgIpc) is 3.08. The van der Waals surface area contributed by atoms with Crippen LogP contribution in [0, 0.1) is 5.92 Å². The minimum Gasteiger partial charge on any atom is -0.445 e. The lowest BCUT2D eigenvalue weighted by molar-refractivity contribution is -0.129. The molecular weight excluding hydrogens is 492 g/mol. The molecule has 1 aliphatic heterocycles. The minimum atomic E-state index is -0.672. The third-order valence-electron chi connectivity index (χ3n) is 7.07. The number of anilines is 1. The third-order valence-corrected chi connectivity index (χ3v) is 7.07. The average molecular weight is 529 g/mol. The Morgan fingerprint density at radius 1 is 1.03 bits per heavy atom. The molecule has 2 atom stereocenters. The Balaban J connectivity index is 1.56. The molecule has 1 unspecified atom stereocenters. The van der Waals surface area contributed by atoms with E-state index in [0.29, 0.717) is 19.4 Å². The van der Waals surface area contributed by atoms with Crippen LogP contribution in [-0.2, 0) is 33.9 Å². The highest BCUT2D eigenvalue weighted by atomic mass is 16.5. The van der Waals surface area contributed by atoms with Crippen molar-refractivity contribution in [2.45, 2.75) is 51.9 Å². The maximum atomic E-state index is 13.7. The maximum Gasteiger partial charge on any atom is 0.407 e. The summed E-state index contributed by atoms with van der Waals surface area (Å²) in [7, 11) is 1.52. The van der Waals surface area contributed by atoms with Crippen molar-refractivity contribution in [1.29, 1.82) is 0 Å². The number of amides is 3. The number of ether oxygens (including phenoxy) is 1. The van der Waals surface area contributed by atoms with Gasteiger partial charge in [0, 0.05) is 12.7 Å². The molecule has 0 saturated heterocycles. The molecule has 0 radical (unpaired) electrons. The highest BCUT2D eigenvalue weighted by Crippen LogP contribution is 2.30. The number of nitrogens with one attached hydrogen (secondary N) is 2. The fourth-order valence-corrected chi connectivity index (χ4v) is 4.70. The number of nitrogens with zero attached hydrogens (tertiary/aromatic N) is 1. The zero-order valence-corrected chi connectivity index (χ0v) is 22.6. The van der Waals surface area contributed by atoms with Gasteiger partial charge in [0.05, 0.1) is 12.6 Å². The van der Waals surface area contributed by atoms with E-state index in [1.165, 1.54) is 7.05 Å². The Hall–Kier alpha value is -4.17. The van der Waals surface area contributed by atoms with Gasteiger partial charge in [-0.1, -0.05) is 80.6 Å². The highest BCUT2D eigenvalue weighted by Gasteiger charge is 2.32. The molecule has 3 amide bonds. The summed E-state index contributed by atoms with van der Waals surface area (Å²) in [6, 6.07) is 22.3. The lowest BCUT2D eigenvalue weighted by atomic mass is 9.99. The number of carbonyl (C=O) groups excluding carboxylic acids is 3. The summed E-state index contributed by atoms with van der Waals surface area (Å²) in [5.74, 6) is -0.485. The lowest BCUT2D eigenvalue weighted by Crippen LogP contribution is -2.53. The summed E-state index contributed by atoms with van der Waals surface area (Å²) in [5.41, 5.74) is 11.8.